The summed E-state index contributed by atoms with van der Waals surface area (Å²) in [6, 6.07) is 2.97. The van der Waals surface area contributed by atoms with E-state index in [0.29, 0.717) is 5.01 Å². The summed E-state index contributed by atoms with van der Waals surface area (Å²) in [5.74, 6) is -0.708. The molecule has 0 saturated carbocycles. The number of carbonyl (C=O) groups excluding carboxylic acids is 1. The van der Waals surface area contributed by atoms with E-state index in [-0.39, 0.29) is 33.9 Å². The van der Waals surface area contributed by atoms with Gasteiger partial charge >= 0.3 is 6.18 Å². The van der Waals surface area contributed by atoms with Gasteiger partial charge in [-0.25, -0.2) is 15.0 Å². The first-order chi connectivity index (χ1) is 13.7. The maximum atomic E-state index is 13.5. The molecule has 0 saturated heterocycles. The van der Waals surface area contributed by atoms with Crippen molar-refractivity contribution in [3.8, 4) is 16.6 Å². The van der Waals surface area contributed by atoms with Crippen LogP contribution in [0.2, 0.25) is 0 Å². The van der Waals surface area contributed by atoms with E-state index in [1.807, 2.05) is 0 Å². The predicted octanol–water partition coefficient (Wildman–Crippen LogP) is 3.67. The van der Waals surface area contributed by atoms with Crippen molar-refractivity contribution in [3.05, 3.63) is 52.4 Å². The van der Waals surface area contributed by atoms with Gasteiger partial charge in [0.1, 0.15) is 11.1 Å². The van der Waals surface area contributed by atoms with E-state index in [1.54, 1.807) is 19.2 Å². The second-order valence-corrected chi connectivity index (χ2v) is 7.13. The summed E-state index contributed by atoms with van der Waals surface area (Å²) in [7, 11) is 0. The first kappa shape index (κ1) is 19.0. The van der Waals surface area contributed by atoms with Crippen molar-refractivity contribution in [3.63, 3.8) is 0 Å². The largest absolute Gasteiger partial charge is 0.419 e. The Balaban J connectivity index is 2.07. The third-order valence-electron chi connectivity index (χ3n) is 4.22. The minimum Gasteiger partial charge on any atom is -0.365 e. The van der Waals surface area contributed by atoms with Crippen molar-refractivity contribution in [2.45, 2.75) is 20.0 Å². The summed E-state index contributed by atoms with van der Waals surface area (Å²) < 4.78 is 41.8. The number of amides is 1. The number of rotatable bonds is 3. The fourth-order valence-corrected chi connectivity index (χ4v) is 3.74. The molecular formula is C18H13F3N6OS. The van der Waals surface area contributed by atoms with Crippen LogP contribution in [-0.2, 0) is 6.18 Å². The number of fused-ring (bicyclic) bond motifs is 1. The molecule has 0 fully saturated rings. The van der Waals surface area contributed by atoms with Gasteiger partial charge in [-0.05, 0) is 26.0 Å². The topological polar surface area (TPSA) is 99.6 Å². The van der Waals surface area contributed by atoms with Gasteiger partial charge in [0.25, 0.3) is 5.91 Å². The number of aryl methyl sites for hydroxylation is 2. The van der Waals surface area contributed by atoms with Crippen molar-refractivity contribution in [2.24, 2.45) is 5.73 Å². The van der Waals surface area contributed by atoms with Gasteiger partial charge in [0, 0.05) is 23.5 Å². The summed E-state index contributed by atoms with van der Waals surface area (Å²) in [6.45, 7) is 3.34. The van der Waals surface area contributed by atoms with Crippen molar-refractivity contribution >= 4 is 28.3 Å². The van der Waals surface area contributed by atoms with Crippen molar-refractivity contribution in [1.82, 2.24) is 24.5 Å². The molecule has 4 aromatic rings. The van der Waals surface area contributed by atoms with Crippen LogP contribution in [0.5, 0.6) is 0 Å². The normalized spacial score (nSPS) is 11.9. The predicted molar refractivity (Wildman–Crippen MR) is 101 cm³/mol. The van der Waals surface area contributed by atoms with E-state index in [4.69, 9.17) is 5.73 Å². The van der Waals surface area contributed by atoms with Gasteiger partial charge in [-0.1, -0.05) is 0 Å². The molecule has 29 heavy (non-hydrogen) atoms. The van der Waals surface area contributed by atoms with E-state index in [0.717, 1.165) is 11.9 Å². The van der Waals surface area contributed by atoms with Gasteiger partial charge in [-0.15, -0.1) is 11.3 Å². The number of halogens is 3. The minimum atomic E-state index is -4.64. The molecule has 0 bridgehead atoms. The SMILES string of the molecule is Cc1csc(-c2nc(C)c(C(N)=O)c(-n3cc(C(F)(F)F)c4ncccc43)n2)n1. The highest BCUT2D eigenvalue weighted by Gasteiger charge is 2.36. The third kappa shape index (κ3) is 3.23. The van der Waals surface area contributed by atoms with E-state index in [9.17, 15) is 18.0 Å². The number of pyridine rings is 1. The van der Waals surface area contributed by atoms with E-state index >= 15 is 0 Å². The molecule has 1 amide bonds. The molecule has 7 nitrogen and oxygen atoms in total. The van der Waals surface area contributed by atoms with Crippen LogP contribution in [0.1, 0.15) is 27.3 Å². The summed E-state index contributed by atoms with van der Waals surface area (Å²) in [4.78, 5) is 28.9. The van der Waals surface area contributed by atoms with Gasteiger partial charge in [-0.3, -0.25) is 14.3 Å². The Bertz CT molecular complexity index is 1260. The van der Waals surface area contributed by atoms with Crippen molar-refractivity contribution < 1.29 is 18.0 Å². The van der Waals surface area contributed by atoms with Crippen LogP contribution in [0, 0.1) is 13.8 Å². The first-order valence-electron chi connectivity index (χ1n) is 8.31. The second-order valence-electron chi connectivity index (χ2n) is 6.27. The lowest BCUT2D eigenvalue weighted by molar-refractivity contribution is -0.136. The number of carbonyl (C=O) groups is 1. The molecule has 4 heterocycles. The average Bonchev–Trinajstić information content (AvgIpc) is 3.24. The van der Waals surface area contributed by atoms with Crippen LogP contribution in [0.4, 0.5) is 13.2 Å². The summed E-state index contributed by atoms with van der Waals surface area (Å²) in [6.07, 6.45) is -2.50. The molecule has 0 radical (unpaired) electrons. The van der Waals surface area contributed by atoms with Crippen molar-refractivity contribution in [1.29, 1.82) is 0 Å². The number of nitrogens with two attached hydrogens (primary N) is 1. The number of thiazole rings is 1. The zero-order valence-electron chi connectivity index (χ0n) is 15.2. The lowest BCUT2D eigenvalue weighted by Crippen LogP contribution is -2.19. The molecule has 11 heteroatoms. The van der Waals surface area contributed by atoms with E-state index in [1.165, 1.54) is 34.2 Å². The molecule has 0 atom stereocenters. The van der Waals surface area contributed by atoms with Crippen LogP contribution in [0.15, 0.2) is 29.9 Å². The highest BCUT2D eigenvalue weighted by Crippen LogP contribution is 2.37. The molecule has 0 aliphatic heterocycles. The molecule has 148 valence electrons. The van der Waals surface area contributed by atoms with Gasteiger partial charge in [0.2, 0.25) is 0 Å². The fraction of sp³-hybridized carbons (Fsp3) is 0.167. The van der Waals surface area contributed by atoms with Gasteiger partial charge in [0.05, 0.1) is 16.8 Å². The van der Waals surface area contributed by atoms with Crippen LogP contribution >= 0.6 is 11.3 Å². The lowest BCUT2D eigenvalue weighted by Gasteiger charge is -2.12. The third-order valence-corrected chi connectivity index (χ3v) is 5.18. The molecule has 0 unspecified atom stereocenters. The Kier molecular flexibility index (Phi) is 4.34. The zero-order chi connectivity index (χ0) is 20.9. The number of hydrogen-bond donors (Lipinski definition) is 1. The van der Waals surface area contributed by atoms with Crippen LogP contribution in [0.3, 0.4) is 0 Å². The van der Waals surface area contributed by atoms with Gasteiger partial charge in [0.15, 0.2) is 16.6 Å². The Morgan fingerprint density at radius 1 is 1.21 bits per heavy atom. The maximum absolute atomic E-state index is 13.5. The number of nitrogens with zero attached hydrogens (tertiary/aromatic N) is 5. The molecule has 4 rings (SSSR count). The number of primary amides is 1. The van der Waals surface area contributed by atoms with Gasteiger partial charge in [-0.2, -0.15) is 13.2 Å². The Morgan fingerprint density at radius 2 is 1.97 bits per heavy atom. The number of hydrogen-bond acceptors (Lipinski definition) is 6. The molecule has 0 spiro atoms. The maximum Gasteiger partial charge on any atom is 0.419 e. The standard InChI is InChI=1S/C18H13F3N6OS/c1-8-7-29-17(24-8)15-25-9(2)12(14(22)28)16(26-15)27-6-10(18(19,20)21)13-11(27)4-3-5-23-13/h3-7H,1-2H3,(H2,22,28). The average molecular weight is 418 g/mol. The molecular weight excluding hydrogens is 405 g/mol. The molecule has 0 aromatic carbocycles. The lowest BCUT2D eigenvalue weighted by atomic mass is 10.2. The number of alkyl halides is 3. The molecule has 0 aliphatic carbocycles. The monoisotopic (exact) mass is 418 g/mol. The highest BCUT2D eigenvalue weighted by atomic mass is 32.1. The minimum absolute atomic E-state index is 0.0543. The Morgan fingerprint density at radius 3 is 2.59 bits per heavy atom. The molecule has 4 aromatic heterocycles. The van der Waals surface area contributed by atoms with Crippen LogP contribution in [-0.4, -0.2) is 30.4 Å². The second kappa shape index (κ2) is 6.62. The smallest absolute Gasteiger partial charge is 0.365 e. The number of aromatic nitrogens is 5. The Labute approximate surface area is 166 Å². The van der Waals surface area contributed by atoms with E-state index < -0.39 is 17.6 Å². The summed E-state index contributed by atoms with van der Waals surface area (Å²) in [5, 5.41) is 2.28. The quantitative estimate of drug-likeness (QED) is 0.547. The van der Waals surface area contributed by atoms with Crippen molar-refractivity contribution in [2.75, 3.05) is 0 Å². The first-order valence-corrected chi connectivity index (χ1v) is 9.19. The summed E-state index contributed by atoms with van der Waals surface area (Å²) >= 11 is 1.29. The Hall–Kier alpha value is -3.34. The highest BCUT2D eigenvalue weighted by molar-refractivity contribution is 7.13. The van der Waals surface area contributed by atoms with Gasteiger partial charge < -0.3 is 5.73 Å². The van der Waals surface area contributed by atoms with Crippen LogP contribution < -0.4 is 5.73 Å². The fourth-order valence-electron chi connectivity index (χ4n) is 3.01. The zero-order valence-corrected chi connectivity index (χ0v) is 16.0. The van der Waals surface area contributed by atoms with Crippen LogP contribution in [0.25, 0.3) is 27.7 Å². The molecule has 2 N–H and O–H groups in total. The van der Waals surface area contributed by atoms with E-state index in [2.05, 4.69) is 19.9 Å². The summed E-state index contributed by atoms with van der Waals surface area (Å²) in [5.41, 5.74) is 5.37. The molecule has 0 aliphatic rings.